The minimum Gasteiger partial charge on any atom is -0.496 e. The molecule has 1 unspecified atom stereocenters. The lowest BCUT2D eigenvalue weighted by Crippen LogP contribution is -2.24. The van der Waals surface area contributed by atoms with Crippen LogP contribution in [-0.2, 0) is 0 Å². The Bertz CT molecular complexity index is 463. The average molecular weight is 287 g/mol. The summed E-state index contributed by atoms with van der Waals surface area (Å²) in [5, 5.41) is 12.7. The van der Waals surface area contributed by atoms with Crippen LogP contribution in [0.2, 0.25) is 0 Å². The van der Waals surface area contributed by atoms with Gasteiger partial charge in [-0.25, -0.2) is 0 Å². The van der Waals surface area contributed by atoms with E-state index in [9.17, 15) is 5.26 Å². The van der Waals surface area contributed by atoms with E-state index >= 15 is 0 Å². The Morgan fingerprint density at radius 3 is 2.76 bits per heavy atom. The monoisotopic (exact) mass is 287 g/mol. The lowest BCUT2D eigenvalue weighted by Gasteiger charge is -2.16. The maximum atomic E-state index is 9.35. The fraction of sp³-hybridized carbons (Fsp3) is 0.588. The molecule has 1 fully saturated rings. The van der Waals surface area contributed by atoms with Crippen LogP contribution in [-0.4, -0.2) is 38.2 Å². The molecule has 21 heavy (non-hydrogen) atoms. The van der Waals surface area contributed by atoms with Crippen LogP contribution in [0.15, 0.2) is 24.3 Å². The van der Waals surface area contributed by atoms with Gasteiger partial charge in [0.05, 0.1) is 13.2 Å². The maximum Gasteiger partial charge on any atom is 0.124 e. The van der Waals surface area contributed by atoms with Crippen LogP contribution in [0.1, 0.15) is 37.3 Å². The van der Waals surface area contributed by atoms with Crippen molar-refractivity contribution < 1.29 is 4.74 Å². The number of benzene rings is 1. The predicted octanol–water partition coefficient (Wildman–Crippen LogP) is 2.73. The first-order valence-electron chi connectivity index (χ1n) is 7.83. The summed E-state index contributed by atoms with van der Waals surface area (Å²) in [6.07, 6.45) is 4.99. The predicted molar refractivity (Wildman–Crippen MR) is 84.3 cm³/mol. The molecule has 1 aliphatic rings. The SMILES string of the molecule is COc1ccccc1C(C#N)NCCCCN1CCCC1. The molecule has 1 saturated heterocycles. The number of para-hydroxylation sites is 1. The van der Waals surface area contributed by atoms with E-state index in [-0.39, 0.29) is 6.04 Å². The molecule has 114 valence electrons. The van der Waals surface area contributed by atoms with Gasteiger partial charge >= 0.3 is 0 Å². The van der Waals surface area contributed by atoms with Crippen molar-refractivity contribution in [2.24, 2.45) is 0 Å². The lowest BCUT2D eigenvalue weighted by molar-refractivity contribution is 0.328. The van der Waals surface area contributed by atoms with Gasteiger partial charge in [-0.1, -0.05) is 18.2 Å². The van der Waals surface area contributed by atoms with Crippen LogP contribution in [0.3, 0.4) is 0 Å². The van der Waals surface area contributed by atoms with Crippen molar-refractivity contribution in [2.75, 3.05) is 33.3 Å². The standard InChI is InChI=1S/C17H25N3O/c1-21-17-9-3-2-8-15(17)16(14-18)19-10-4-5-11-20-12-6-7-13-20/h2-3,8-9,16,19H,4-7,10-13H2,1H3. The Balaban J connectivity index is 1.73. The topological polar surface area (TPSA) is 48.3 Å². The molecule has 0 aliphatic carbocycles. The number of nitrogens with zero attached hydrogens (tertiary/aromatic N) is 2. The zero-order valence-corrected chi connectivity index (χ0v) is 12.8. The summed E-state index contributed by atoms with van der Waals surface area (Å²) in [5.41, 5.74) is 0.919. The van der Waals surface area contributed by atoms with Gasteiger partial charge in [0.15, 0.2) is 0 Å². The third-order valence-electron chi connectivity index (χ3n) is 4.03. The maximum absolute atomic E-state index is 9.35. The normalized spacial score (nSPS) is 16.6. The van der Waals surface area contributed by atoms with E-state index in [1.165, 1.54) is 38.9 Å². The first-order valence-corrected chi connectivity index (χ1v) is 7.83. The summed E-state index contributed by atoms with van der Waals surface area (Å²) < 4.78 is 5.33. The van der Waals surface area contributed by atoms with Gasteiger partial charge in [-0.05, 0) is 57.9 Å². The molecule has 0 spiro atoms. The van der Waals surface area contributed by atoms with Gasteiger partial charge in [-0.15, -0.1) is 0 Å². The van der Waals surface area contributed by atoms with Crippen LogP contribution >= 0.6 is 0 Å². The van der Waals surface area contributed by atoms with Crippen molar-refractivity contribution in [1.29, 1.82) is 5.26 Å². The summed E-state index contributed by atoms with van der Waals surface area (Å²) in [7, 11) is 1.64. The van der Waals surface area contributed by atoms with Crippen LogP contribution < -0.4 is 10.1 Å². The Morgan fingerprint density at radius 2 is 2.05 bits per heavy atom. The number of nitriles is 1. The highest BCUT2D eigenvalue weighted by atomic mass is 16.5. The third-order valence-corrected chi connectivity index (χ3v) is 4.03. The largest absolute Gasteiger partial charge is 0.496 e. The van der Waals surface area contributed by atoms with E-state index in [0.717, 1.165) is 24.3 Å². The van der Waals surface area contributed by atoms with Gasteiger partial charge in [0.1, 0.15) is 11.8 Å². The van der Waals surface area contributed by atoms with E-state index in [4.69, 9.17) is 4.74 Å². The first kappa shape index (κ1) is 15.8. The van der Waals surface area contributed by atoms with E-state index in [1.54, 1.807) is 7.11 Å². The third kappa shape index (κ3) is 4.73. The van der Waals surface area contributed by atoms with E-state index < -0.39 is 0 Å². The van der Waals surface area contributed by atoms with Crippen molar-refractivity contribution in [2.45, 2.75) is 31.7 Å². The lowest BCUT2D eigenvalue weighted by atomic mass is 10.1. The van der Waals surface area contributed by atoms with Gasteiger partial charge in [0.2, 0.25) is 0 Å². The number of rotatable bonds is 8. The fourth-order valence-electron chi connectivity index (χ4n) is 2.84. The molecule has 1 aliphatic heterocycles. The van der Waals surface area contributed by atoms with Gasteiger partial charge in [0.25, 0.3) is 0 Å². The molecule has 1 heterocycles. The van der Waals surface area contributed by atoms with Gasteiger partial charge in [0, 0.05) is 5.56 Å². The minimum atomic E-state index is -0.298. The second-order valence-electron chi connectivity index (χ2n) is 5.51. The van der Waals surface area contributed by atoms with Crippen LogP contribution in [0.4, 0.5) is 0 Å². The van der Waals surface area contributed by atoms with Crippen LogP contribution in [0, 0.1) is 11.3 Å². The van der Waals surface area contributed by atoms with E-state index in [0.29, 0.717) is 0 Å². The number of hydrogen-bond donors (Lipinski definition) is 1. The second kappa shape index (κ2) is 8.66. The molecule has 1 atom stereocenters. The molecule has 1 aromatic carbocycles. The molecular weight excluding hydrogens is 262 g/mol. The molecule has 0 bridgehead atoms. The second-order valence-corrected chi connectivity index (χ2v) is 5.51. The average Bonchev–Trinajstić information content (AvgIpc) is 3.04. The van der Waals surface area contributed by atoms with Crippen molar-refractivity contribution in [3.05, 3.63) is 29.8 Å². The highest BCUT2D eigenvalue weighted by Gasteiger charge is 2.14. The quantitative estimate of drug-likeness (QED) is 0.747. The summed E-state index contributed by atoms with van der Waals surface area (Å²) >= 11 is 0. The smallest absolute Gasteiger partial charge is 0.124 e. The molecule has 0 radical (unpaired) electrons. The Hall–Kier alpha value is -1.57. The number of unbranched alkanes of at least 4 members (excludes halogenated alkanes) is 1. The number of hydrogen-bond acceptors (Lipinski definition) is 4. The molecule has 4 nitrogen and oxygen atoms in total. The minimum absolute atomic E-state index is 0.298. The van der Waals surface area contributed by atoms with Gasteiger partial charge < -0.3 is 9.64 Å². The molecule has 0 amide bonds. The Labute approximate surface area is 127 Å². The molecule has 0 aromatic heterocycles. The molecular formula is C17H25N3O. The number of ether oxygens (including phenoxy) is 1. The van der Waals surface area contributed by atoms with Crippen molar-refractivity contribution in [3.8, 4) is 11.8 Å². The van der Waals surface area contributed by atoms with Crippen molar-refractivity contribution in [3.63, 3.8) is 0 Å². The molecule has 4 heteroatoms. The number of likely N-dealkylation sites (tertiary alicyclic amines) is 1. The van der Waals surface area contributed by atoms with Crippen molar-refractivity contribution in [1.82, 2.24) is 10.2 Å². The van der Waals surface area contributed by atoms with Crippen LogP contribution in [0.25, 0.3) is 0 Å². The summed E-state index contributed by atoms with van der Waals surface area (Å²) in [6, 6.07) is 9.74. The fourth-order valence-corrected chi connectivity index (χ4v) is 2.84. The molecule has 1 N–H and O–H groups in total. The van der Waals surface area contributed by atoms with Gasteiger partial charge in [-0.2, -0.15) is 5.26 Å². The zero-order chi connectivity index (χ0) is 14.9. The van der Waals surface area contributed by atoms with E-state index in [2.05, 4.69) is 16.3 Å². The summed E-state index contributed by atoms with van der Waals surface area (Å²) in [5.74, 6) is 0.772. The number of nitrogens with one attached hydrogen (secondary N) is 1. The first-order chi connectivity index (χ1) is 10.3. The highest BCUT2D eigenvalue weighted by Crippen LogP contribution is 2.24. The molecule has 1 aromatic rings. The highest BCUT2D eigenvalue weighted by molar-refractivity contribution is 5.38. The van der Waals surface area contributed by atoms with Crippen LogP contribution in [0.5, 0.6) is 5.75 Å². The van der Waals surface area contributed by atoms with E-state index in [1.807, 2.05) is 24.3 Å². The molecule has 2 rings (SSSR count). The van der Waals surface area contributed by atoms with Crippen molar-refractivity contribution >= 4 is 0 Å². The Kier molecular flexibility index (Phi) is 6.52. The Morgan fingerprint density at radius 1 is 1.29 bits per heavy atom. The summed E-state index contributed by atoms with van der Waals surface area (Å²) in [6.45, 7) is 4.57. The number of methoxy groups -OCH3 is 1. The van der Waals surface area contributed by atoms with Gasteiger partial charge in [-0.3, -0.25) is 5.32 Å². The summed E-state index contributed by atoms with van der Waals surface area (Å²) in [4.78, 5) is 2.53. The zero-order valence-electron chi connectivity index (χ0n) is 12.8. The molecule has 0 saturated carbocycles.